The third kappa shape index (κ3) is 7.11. The van der Waals surface area contributed by atoms with E-state index in [1.807, 2.05) is 36.6 Å². The summed E-state index contributed by atoms with van der Waals surface area (Å²) in [7, 11) is 0. The van der Waals surface area contributed by atoms with Crippen LogP contribution in [0.2, 0.25) is 5.02 Å². The lowest BCUT2D eigenvalue weighted by Gasteiger charge is -2.21. The summed E-state index contributed by atoms with van der Waals surface area (Å²) in [5, 5.41) is 17.5. The summed E-state index contributed by atoms with van der Waals surface area (Å²) >= 11 is 7.37. The van der Waals surface area contributed by atoms with Gasteiger partial charge in [0, 0.05) is 30.0 Å². The summed E-state index contributed by atoms with van der Waals surface area (Å²) in [4.78, 5) is 14.4. The Labute approximate surface area is 207 Å². The van der Waals surface area contributed by atoms with E-state index in [4.69, 9.17) is 25.8 Å². The van der Waals surface area contributed by atoms with Crippen LogP contribution < -0.4 is 19.5 Å². The molecule has 0 radical (unpaired) electrons. The van der Waals surface area contributed by atoms with Crippen LogP contribution >= 0.6 is 22.9 Å². The number of hydrogen-bond donors (Lipinski definition) is 2. The number of nitrogens with zero attached hydrogens (tertiary/aromatic N) is 1. The van der Waals surface area contributed by atoms with Gasteiger partial charge in [0.25, 0.3) is 0 Å². The van der Waals surface area contributed by atoms with Crippen molar-refractivity contribution < 1.29 is 24.1 Å². The lowest BCUT2D eigenvalue weighted by Crippen LogP contribution is -2.35. The van der Waals surface area contributed by atoms with Crippen molar-refractivity contribution in [1.29, 1.82) is 0 Å². The van der Waals surface area contributed by atoms with Crippen LogP contribution in [0, 0.1) is 6.92 Å². The minimum Gasteiger partial charge on any atom is -0.489 e. The van der Waals surface area contributed by atoms with Gasteiger partial charge in [0.15, 0.2) is 0 Å². The Hall–Kier alpha value is -2.78. The molecule has 2 atom stereocenters. The van der Waals surface area contributed by atoms with E-state index in [-0.39, 0.29) is 12.7 Å². The lowest BCUT2D eigenvalue weighted by molar-refractivity contribution is 0.0722. The molecule has 1 saturated heterocycles. The van der Waals surface area contributed by atoms with Crippen LogP contribution in [0.5, 0.6) is 17.2 Å². The SMILES string of the molecule is Cc1ccc(NC(=O)Oc2ccsc2)c(OCC(O)CN2CCC(Oc3ccc(Cl)cc3)C2)c1. The number of thiophene rings is 1. The number of anilines is 1. The first-order valence-corrected chi connectivity index (χ1v) is 12.3. The largest absolute Gasteiger partial charge is 0.489 e. The van der Waals surface area contributed by atoms with E-state index < -0.39 is 12.2 Å². The van der Waals surface area contributed by atoms with Crippen molar-refractivity contribution >= 4 is 34.7 Å². The molecule has 2 N–H and O–H groups in total. The summed E-state index contributed by atoms with van der Waals surface area (Å²) in [5.74, 6) is 1.75. The van der Waals surface area contributed by atoms with E-state index in [0.717, 1.165) is 30.8 Å². The number of carbonyl (C=O) groups is 1. The highest BCUT2D eigenvalue weighted by molar-refractivity contribution is 7.08. The van der Waals surface area contributed by atoms with Crippen LogP contribution in [0.1, 0.15) is 12.0 Å². The number of halogens is 1. The van der Waals surface area contributed by atoms with Gasteiger partial charge in [0.05, 0.1) is 5.69 Å². The number of likely N-dealkylation sites (tertiary alicyclic amines) is 1. The Morgan fingerprint density at radius 1 is 1.24 bits per heavy atom. The van der Waals surface area contributed by atoms with E-state index in [2.05, 4.69) is 10.2 Å². The third-order valence-corrected chi connectivity index (χ3v) is 6.24. The molecule has 1 fully saturated rings. The highest BCUT2D eigenvalue weighted by Crippen LogP contribution is 2.27. The summed E-state index contributed by atoms with van der Waals surface area (Å²) in [6, 6.07) is 14.5. The first-order chi connectivity index (χ1) is 16.4. The molecular weight excluding hydrogens is 476 g/mol. The van der Waals surface area contributed by atoms with Gasteiger partial charge in [0.2, 0.25) is 0 Å². The molecule has 0 spiro atoms. The number of carbonyl (C=O) groups excluding carboxylic acids is 1. The number of aliphatic hydroxyl groups excluding tert-OH is 1. The Morgan fingerprint density at radius 3 is 2.82 bits per heavy atom. The molecule has 2 unspecified atom stereocenters. The molecule has 4 rings (SSSR count). The smallest absolute Gasteiger partial charge is 0.417 e. The average molecular weight is 503 g/mol. The van der Waals surface area contributed by atoms with Crippen LogP contribution in [-0.4, -0.2) is 54.5 Å². The molecule has 7 nitrogen and oxygen atoms in total. The number of nitrogens with one attached hydrogen (secondary N) is 1. The van der Waals surface area contributed by atoms with Crippen LogP contribution in [-0.2, 0) is 0 Å². The molecule has 1 aliphatic rings. The Morgan fingerprint density at radius 2 is 2.06 bits per heavy atom. The molecule has 1 aliphatic heterocycles. The molecule has 34 heavy (non-hydrogen) atoms. The van der Waals surface area contributed by atoms with Crippen LogP contribution in [0.15, 0.2) is 59.3 Å². The van der Waals surface area contributed by atoms with E-state index in [0.29, 0.717) is 28.8 Å². The van der Waals surface area contributed by atoms with Crippen molar-refractivity contribution in [1.82, 2.24) is 4.90 Å². The summed E-state index contributed by atoms with van der Waals surface area (Å²) in [6.07, 6.45) is -0.345. The number of hydrogen-bond acceptors (Lipinski definition) is 7. The second-order valence-electron chi connectivity index (χ2n) is 8.18. The monoisotopic (exact) mass is 502 g/mol. The maximum atomic E-state index is 12.2. The van der Waals surface area contributed by atoms with E-state index >= 15 is 0 Å². The molecule has 2 heterocycles. The quantitative estimate of drug-likeness (QED) is 0.418. The number of aryl methyl sites for hydroxylation is 1. The first-order valence-electron chi connectivity index (χ1n) is 11.0. The van der Waals surface area contributed by atoms with Gasteiger partial charge in [0.1, 0.15) is 36.1 Å². The number of rotatable bonds is 9. The van der Waals surface area contributed by atoms with Gasteiger partial charge in [-0.3, -0.25) is 10.2 Å². The van der Waals surface area contributed by atoms with Crippen LogP contribution in [0.3, 0.4) is 0 Å². The number of β-amino-alcohol motifs (C(OH)–C–C–N with tert-alkyl or cyclic N) is 1. The van der Waals surface area contributed by atoms with Gasteiger partial charge >= 0.3 is 6.09 Å². The minimum atomic E-state index is -0.694. The molecule has 0 bridgehead atoms. The number of aliphatic hydroxyl groups is 1. The van der Waals surface area contributed by atoms with Gasteiger partial charge < -0.3 is 19.3 Å². The second-order valence-corrected chi connectivity index (χ2v) is 9.40. The van der Waals surface area contributed by atoms with Crippen molar-refractivity contribution in [2.45, 2.75) is 25.6 Å². The fraction of sp³-hybridized carbons (Fsp3) is 0.320. The highest BCUT2D eigenvalue weighted by Gasteiger charge is 2.26. The normalized spacial score (nSPS) is 16.7. The molecule has 9 heteroatoms. The van der Waals surface area contributed by atoms with E-state index in [1.54, 1.807) is 29.6 Å². The summed E-state index contributed by atoms with van der Waals surface area (Å²) < 4.78 is 17.1. The van der Waals surface area contributed by atoms with Crippen molar-refractivity contribution in [3.8, 4) is 17.2 Å². The third-order valence-electron chi connectivity index (χ3n) is 5.33. The zero-order valence-corrected chi connectivity index (χ0v) is 20.3. The number of ether oxygens (including phenoxy) is 3. The Balaban J connectivity index is 1.25. The van der Waals surface area contributed by atoms with Gasteiger partial charge in [-0.25, -0.2) is 4.79 Å². The number of benzene rings is 2. The Bertz CT molecular complexity index is 1080. The standard InChI is InChI=1S/C25H27ClN2O5S/c1-17-2-7-23(27-25(30)33-22-9-11-34-16-22)24(12-17)31-15-19(29)13-28-10-8-21(14-28)32-20-5-3-18(26)4-6-20/h2-7,9,11-12,16,19,21,29H,8,10,13-15H2,1H3,(H,27,30). The van der Waals surface area contributed by atoms with Gasteiger partial charge in [-0.2, -0.15) is 0 Å². The zero-order chi connectivity index (χ0) is 23.9. The second kappa shape index (κ2) is 11.6. The fourth-order valence-electron chi connectivity index (χ4n) is 3.71. The highest BCUT2D eigenvalue weighted by atomic mass is 35.5. The minimum absolute atomic E-state index is 0.0658. The topological polar surface area (TPSA) is 80.3 Å². The van der Waals surface area contributed by atoms with Crippen LogP contribution in [0.4, 0.5) is 10.5 Å². The average Bonchev–Trinajstić information content (AvgIpc) is 3.47. The van der Waals surface area contributed by atoms with Gasteiger partial charge in [-0.1, -0.05) is 17.7 Å². The Kier molecular flexibility index (Phi) is 8.29. The van der Waals surface area contributed by atoms with E-state index in [9.17, 15) is 9.90 Å². The zero-order valence-electron chi connectivity index (χ0n) is 18.8. The fourth-order valence-corrected chi connectivity index (χ4v) is 4.38. The molecule has 0 aliphatic carbocycles. The molecule has 2 aromatic carbocycles. The molecule has 1 aromatic heterocycles. The summed E-state index contributed by atoms with van der Waals surface area (Å²) in [6.45, 7) is 4.06. The van der Waals surface area contributed by atoms with Crippen molar-refractivity contribution in [2.24, 2.45) is 0 Å². The maximum absolute atomic E-state index is 12.2. The van der Waals surface area contributed by atoms with Crippen molar-refractivity contribution in [3.05, 3.63) is 69.9 Å². The maximum Gasteiger partial charge on any atom is 0.417 e. The molecule has 0 saturated carbocycles. The summed E-state index contributed by atoms with van der Waals surface area (Å²) in [5.41, 5.74) is 1.46. The van der Waals surface area contributed by atoms with Gasteiger partial charge in [-0.15, -0.1) is 11.3 Å². The molecule has 180 valence electrons. The molecule has 1 amide bonds. The first kappa shape index (κ1) is 24.3. The molecule has 3 aromatic rings. The number of amides is 1. The van der Waals surface area contributed by atoms with Crippen LogP contribution in [0.25, 0.3) is 0 Å². The predicted molar refractivity (Wildman–Crippen MR) is 134 cm³/mol. The van der Waals surface area contributed by atoms with E-state index in [1.165, 1.54) is 11.3 Å². The van der Waals surface area contributed by atoms with Gasteiger partial charge in [-0.05, 0) is 66.8 Å². The molecular formula is C25H27ClN2O5S. The van der Waals surface area contributed by atoms with Crippen molar-refractivity contribution in [2.75, 3.05) is 31.6 Å². The lowest BCUT2D eigenvalue weighted by atomic mass is 10.2. The van der Waals surface area contributed by atoms with Crippen molar-refractivity contribution in [3.63, 3.8) is 0 Å². The predicted octanol–water partition coefficient (Wildman–Crippen LogP) is 5.21.